The Balaban J connectivity index is 2.07. The van der Waals surface area contributed by atoms with Gasteiger partial charge in [0.1, 0.15) is 0 Å². The molecule has 2 aromatic heterocycles. The fraction of sp³-hybridized carbons (Fsp3) is 0.333. The van der Waals surface area contributed by atoms with Gasteiger partial charge in [0.2, 0.25) is 0 Å². The summed E-state index contributed by atoms with van der Waals surface area (Å²) in [6.45, 7) is 0. The second-order valence-corrected chi connectivity index (χ2v) is 4.67. The quantitative estimate of drug-likeness (QED) is 0.876. The molecule has 3 rings (SSSR count). The van der Waals surface area contributed by atoms with Crippen molar-refractivity contribution in [2.45, 2.75) is 24.1 Å². The van der Waals surface area contributed by atoms with Crippen molar-refractivity contribution in [3.8, 4) is 11.3 Å². The Hall–Kier alpha value is -1.16. The largest absolute Gasteiger partial charge is 0.281 e. The van der Waals surface area contributed by atoms with E-state index in [9.17, 15) is 0 Å². The smallest absolute Gasteiger partial charge is 0.0965 e. The molecule has 0 unspecified atom stereocenters. The Morgan fingerprint density at radius 2 is 2.06 bits per heavy atom. The highest BCUT2D eigenvalue weighted by atomic mass is 79.9. The Morgan fingerprint density at radius 1 is 1.31 bits per heavy atom. The summed E-state index contributed by atoms with van der Waals surface area (Å²) in [6.07, 6.45) is 6.19. The number of hydrogen-bond acceptors (Lipinski definition) is 2. The van der Waals surface area contributed by atoms with Crippen molar-refractivity contribution in [1.29, 1.82) is 0 Å². The van der Waals surface area contributed by atoms with Crippen LogP contribution in [-0.2, 0) is 5.33 Å². The highest BCUT2D eigenvalue weighted by Gasteiger charge is 2.29. The first-order valence-corrected chi connectivity index (χ1v) is 6.56. The molecule has 2 heterocycles. The van der Waals surface area contributed by atoms with E-state index in [4.69, 9.17) is 0 Å². The molecule has 0 aliphatic heterocycles. The van der Waals surface area contributed by atoms with Crippen molar-refractivity contribution in [2.75, 3.05) is 0 Å². The van der Waals surface area contributed by atoms with Gasteiger partial charge in [-0.15, -0.1) is 0 Å². The van der Waals surface area contributed by atoms with E-state index >= 15 is 0 Å². The van der Waals surface area contributed by atoms with E-state index in [0.717, 1.165) is 16.6 Å². The minimum absolute atomic E-state index is 0.704. The first-order valence-electron chi connectivity index (χ1n) is 5.43. The van der Waals surface area contributed by atoms with Crippen molar-refractivity contribution in [3.63, 3.8) is 0 Å². The molecule has 16 heavy (non-hydrogen) atoms. The van der Waals surface area contributed by atoms with E-state index < -0.39 is 0 Å². The van der Waals surface area contributed by atoms with Gasteiger partial charge in [0, 0.05) is 40.5 Å². The molecule has 1 N–H and O–H groups in total. The van der Waals surface area contributed by atoms with Gasteiger partial charge in [0.05, 0.1) is 5.69 Å². The van der Waals surface area contributed by atoms with E-state index in [2.05, 4.69) is 31.1 Å². The molecular formula is C12H12BrN3. The number of H-pyrrole nitrogens is 1. The third-order valence-electron chi connectivity index (χ3n) is 2.97. The zero-order valence-corrected chi connectivity index (χ0v) is 10.4. The summed E-state index contributed by atoms with van der Waals surface area (Å²) in [6, 6.07) is 4.00. The zero-order chi connectivity index (χ0) is 11.0. The van der Waals surface area contributed by atoms with Gasteiger partial charge >= 0.3 is 0 Å². The molecule has 0 radical (unpaired) electrons. The monoisotopic (exact) mass is 277 g/mol. The summed E-state index contributed by atoms with van der Waals surface area (Å²) in [5.41, 5.74) is 4.80. The highest BCUT2D eigenvalue weighted by Crippen LogP contribution is 2.43. The van der Waals surface area contributed by atoms with Gasteiger partial charge in [-0.2, -0.15) is 5.10 Å². The van der Waals surface area contributed by atoms with Gasteiger partial charge in [-0.05, 0) is 25.0 Å². The first-order chi connectivity index (χ1) is 7.90. The number of aromatic nitrogens is 3. The molecule has 1 aliphatic rings. The molecular weight excluding hydrogens is 266 g/mol. The van der Waals surface area contributed by atoms with Crippen LogP contribution < -0.4 is 0 Å². The van der Waals surface area contributed by atoms with Crippen LogP contribution in [0.4, 0.5) is 0 Å². The molecule has 0 amide bonds. The number of nitrogens with zero attached hydrogens (tertiary/aromatic N) is 2. The molecule has 1 fully saturated rings. The van der Waals surface area contributed by atoms with Crippen LogP contribution in [0.1, 0.15) is 30.0 Å². The maximum absolute atomic E-state index is 4.44. The van der Waals surface area contributed by atoms with Gasteiger partial charge in [-0.3, -0.25) is 10.1 Å². The molecule has 2 aromatic rings. The Morgan fingerprint density at radius 3 is 2.69 bits per heavy atom. The van der Waals surface area contributed by atoms with Crippen LogP contribution in [0.3, 0.4) is 0 Å². The standard InChI is InChI=1S/C12H12BrN3/c13-7-10-11(8-1-2-8)15-16-12(10)9-3-5-14-6-4-9/h3-6,8H,1-2,7H2,(H,15,16). The predicted molar refractivity (Wildman–Crippen MR) is 66.4 cm³/mol. The minimum atomic E-state index is 0.704. The Bertz CT molecular complexity index is 488. The summed E-state index contributed by atoms with van der Waals surface area (Å²) in [4.78, 5) is 4.03. The Kier molecular flexibility index (Phi) is 2.52. The van der Waals surface area contributed by atoms with E-state index in [-0.39, 0.29) is 0 Å². The van der Waals surface area contributed by atoms with E-state index in [0.29, 0.717) is 5.92 Å². The van der Waals surface area contributed by atoms with Crippen LogP contribution >= 0.6 is 15.9 Å². The Labute approximate surface area is 102 Å². The zero-order valence-electron chi connectivity index (χ0n) is 8.78. The van der Waals surface area contributed by atoms with Crippen LogP contribution in [0.5, 0.6) is 0 Å². The predicted octanol–water partition coefficient (Wildman–Crippen LogP) is 3.24. The number of rotatable bonds is 3. The van der Waals surface area contributed by atoms with E-state index in [1.54, 1.807) is 12.4 Å². The maximum atomic E-state index is 4.44. The number of pyridine rings is 1. The summed E-state index contributed by atoms with van der Waals surface area (Å²) in [5.74, 6) is 0.704. The van der Waals surface area contributed by atoms with Crippen molar-refractivity contribution < 1.29 is 0 Å². The normalized spacial score (nSPS) is 15.3. The number of aromatic amines is 1. The molecule has 1 aliphatic carbocycles. The molecule has 4 heteroatoms. The fourth-order valence-corrected chi connectivity index (χ4v) is 2.54. The number of halogens is 1. The second-order valence-electron chi connectivity index (χ2n) is 4.11. The minimum Gasteiger partial charge on any atom is -0.281 e. The van der Waals surface area contributed by atoms with E-state index in [1.807, 2.05) is 12.1 Å². The molecule has 0 atom stereocenters. The van der Waals surface area contributed by atoms with Crippen LogP contribution in [0.2, 0.25) is 0 Å². The van der Waals surface area contributed by atoms with Crippen LogP contribution in [0.25, 0.3) is 11.3 Å². The van der Waals surface area contributed by atoms with Gasteiger partial charge in [-0.1, -0.05) is 15.9 Å². The lowest BCUT2D eigenvalue weighted by molar-refractivity contribution is 0.959. The lowest BCUT2D eigenvalue weighted by Gasteiger charge is -2.00. The summed E-state index contributed by atoms with van der Waals surface area (Å²) in [7, 11) is 0. The topological polar surface area (TPSA) is 41.6 Å². The molecule has 0 aromatic carbocycles. The lowest BCUT2D eigenvalue weighted by atomic mass is 10.1. The van der Waals surface area contributed by atoms with Crippen LogP contribution in [0.15, 0.2) is 24.5 Å². The fourth-order valence-electron chi connectivity index (χ4n) is 1.97. The third kappa shape index (κ3) is 1.67. The number of nitrogens with one attached hydrogen (secondary N) is 1. The van der Waals surface area contributed by atoms with Crippen molar-refractivity contribution >= 4 is 15.9 Å². The van der Waals surface area contributed by atoms with E-state index in [1.165, 1.54) is 24.1 Å². The van der Waals surface area contributed by atoms with Gasteiger partial charge in [0.25, 0.3) is 0 Å². The van der Waals surface area contributed by atoms with Crippen LogP contribution in [-0.4, -0.2) is 15.2 Å². The summed E-state index contributed by atoms with van der Waals surface area (Å²) >= 11 is 3.56. The van der Waals surface area contributed by atoms with Gasteiger partial charge in [-0.25, -0.2) is 0 Å². The first kappa shape index (κ1) is 10.0. The van der Waals surface area contributed by atoms with Crippen molar-refractivity contribution in [2.24, 2.45) is 0 Å². The molecule has 82 valence electrons. The van der Waals surface area contributed by atoms with Gasteiger partial charge in [0.15, 0.2) is 0 Å². The lowest BCUT2D eigenvalue weighted by Crippen LogP contribution is -1.87. The summed E-state index contributed by atoms with van der Waals surface area (Å²) in [5, 5.41) is 8.48. The highest BCUT2D eigenvalue weighted by molar-refractivity contribution is 9.08. The summed E-state index contributed by atoms with van der Waals surface area (Å²) < 4.78 is 0. The molecule has 1 saturated carbocycles. The van der Waals surface area contributed by atoms with Crippen molar-refractivity contribution in [1.82, 2.24) is 15.2 Å². The molecule has 0 bridgehead atoms. The second kappa shape index (κ2) is 4.01. The average Bonchev–Trinajstić information content (AvgIpc) is 3.09. The third-order valence-corrected chi connectivity index (χ3v) is 3.53. The maximum Gasteiger partial charge on any atom is 0.0965 e. The molecule has 0 spiro atoms. The molecule has 0 saturated heterocycles. The SMILES string of the molecule is BrCc1c(-c2ccncc2)n[nH]c1C1CC1. The average molecular weight is 278 g/mol. The number of hydrogen-bond donors (Lipinski definition) is 1. The van der Waals surface area contributed by atoms with Crippen LogP contribution in [0, 0.1) is 0 Å². The van der Waals surface area contributed by atoms with Crippen molar-refractivity contribution in [3.05, 3.63) is 35.8 Å². The number of alkyl halides is 1. The molecule has 3 nitrogen and oxygen atoms in total. The van der Waals surface area contributed by atoms with Gasteiger partial charge < -0.3 is 0 Å².